The minimum atomic E-state index is -0.638. The molecule has 2 atom stereocenters. The average molecular weight is 354 g/mol. The Hall–Kier alpha value is -1.78. The predicted molar refractivity (Wildman–Crippen MR) is 101 cm³/mol. The van der Waals surface area contributed by atoms with E-state index in [4.69, 9.17) is 9.47 Å². The van der Waals surface area contributed by atoms with E-state index in [1.54, 1.807) is 20.8 Å². The minimum Gasteiger partial charge on any atom is -0.456 e. The summed E-state index contributed by atoms with van der Waals surface area (Å²) in [5.74, 6) is -0.422. The summed E-state index contributed by atoms with van der Waals surface area (Å²) in [4.78, 5) is 23.3. The van der Waals surface area contributed by atoms with Gasteiger partial charge in [-0.25, -0.2) is 4.79 Å². The first kappa shape index (κ1) is 23.2. The van der Waals surface area contributed by atoms with E-state index in [0.717, 1.165) is 12.8 Å². The highest BCUT2D eigenvalue weighted by atomic mass is 16.6. The molecule has 1 N–H and O–H groups in total. The van der Waals surface area contributed by atoms with Crippen LogP contribution < -0.4 is 5.32 Å². The van der Waals surface area contributed by atoms with E-state index in [0.29, 0.717) is 0 Å². The van der Waals surface area contributed by atoms with E-state index in [9.17, 15) is 9.59 Å². The van der Waals surface area contributed by atoms with Crippen molar-refractivity contribution in [3.05, 3.63) is 24.8 Å². The average Bonchev–Trinajstić information content (AvgIpc) is 2.48. The maximum absolute atomic E-state index is 12.0. The molecular formula is C20H35NO4. The molecule has 0 bridgehead atoms. The summed E-state index contributed by atoms with van der Waals surface area (Å²) in [7, 11) is 0. The number of hydrogen-bond acceptors (Lipinski definition) is 4. The number of hydrogen-bond donors (Lipinski definition) is 1. The van der Waals surface area contributed by atoms with Gasteiger partial charge < -0.3 is 14.8 Å². The van der Waals surface area contributed by atoms with Crippen LogP contribution in [0.2, 0.25) is 0 Å². The lowest BCUT2D eigenvalue weighted by molar-refractivity contribution is -0.144. The standard InChI is InChI=1S/C20H35NO4/c1-7-9-10-11-12-13-14-15-17(18(8-2)24-16(3)22)21-19(23)25-20(4,5)6/h8,14-15,17-18H,2,7,9-13H2,1,3-6H3,(H,21,23)/b15-14+/t17-,18+/m1/s1. The molecule has 0 aliphatic rings. The van der Waals surface area contributed by atoms with E-state index in [1.807, 2.05) is 12.2 Å². The predicted octanol–water partition coefficient (Wildman–Crippen LogP) is 4.91. The molecule has 5 nitrogen and oxygen atoms in total. The summed E-state index contributed by atoms with van der Waals surface area (Å²) in [6, 6.07) is -0.508. The number of alkyl carbamates (subject to hydrolysis) is 1. The van der Waals surface area contributed by atoms with Crippen molar-refractivity contribution in [1.29, 1.82) is 0 Å². The zero-order valence-corrected chi connectivity index (χ0v) is 16.5. The van der Waals surface area contributed by atoms with Crippen molar-refractivity contribution < 1.29 is 19.1 Å². The number of carbonyl (C=O) groups excluding carboxylic acids is 2. The molecule has 0 aliphatic carbocycles. The molecule has 0 rings (SSSR count). The van der Waals surface area contributed by atoms with Gasteiger partial charge in [-0.15, -0.1) is 0 Å². The second kappa shape index (κ2) is 12.6. The minimum absolute atomic E-state index is 0.422. The molecule has 0 spiro atoms. The van der Waals surface area contributed by atoms with Gasteiger partial charge in [0.2, 0.25) is 0 Å². The van der Waals surface area contributed by atoms with E-state index in [-0.39, 0.29) is 0 Å². The monoisotopic (exact) mass is 353 g/mol. The molecule has 0 aromatic carbocycles. The number of ether oxygens (including phenoxy) is 2. The second-order valence-electron chi connectivity index (χ2n) is 7.11. The largest absolute Gasteiger partial charge is 0.456 e. The topological polar surface area (TPSA) is 64.6 Å². The van der Waals surface area contributed by atoms with Gasteiger partial charge in [0.25, 0.3) is 0 Å². The lowest BCUT2D eigenvalue weighted by Crippen LogP contribution is -2.45. The third kappa shape index (κ3) is 13.2. The molecule has 144 valence electrons. The number of esters is 1. The number of allylic oxidation sites excluding steroid dienone is 1. The molecule has 0 aromatic heterocycles. The van der Waals surface area contributed by atoms with E-state index < -0.39 is 29.8 Å². The van der Waals surface area contributed by atoms with Gasteiger partial charge in [0.05, 0.1) is 6.04 Å². The molecule has 25 heavy (non-hydrogen) atoms. The van der Waals surface area contributed by atoms with Crippen molar-refractivity contribution in [2.75, 3.05) is 0 Å². The normalized spacial score (nSPS) is 14.0. The van der Waals surface area contributed by atoms with Crippen LogP contribution in [0.4, 0.5) is 4.79 Å². The van der Waals surface area contributed by atoms with Crippen LogP contribution in [0, 0.1) is 0 Å². The first-order chi connectivity index (χ1) is 11.7. The van der Waals surface area contributed by atoms with Gasteiger partial charge in [-0.2, -0.15) is 0 Å². The Morgan fingerprint density at radius 3 is 2.32 bits per heavy atom. The lowest BCUT2D eigenvalue weighted by Gasteiger charge is -2.25. The molecule has 0 saturated heterocycles. The fraction of sp³-hybridized carbons (Fsp3) is 0.700. The van der Waals surface area contributed by atoms with Crippen LogP contribution in [0.5, 0.6) is 0 Å². The number of unbranched alkanes of at least 4 members (excludes halogenated alkanes) is 5. The number of nitrogens with one attached hydrogen (secondary N) is 1. The third-order valence-corrected chi connectivity index (χ3v) is 3.39. The summed E-state index contributed by atoms with van der Waals surface area (Å²) in [5, 5.41) is 2.74. The number of rotatable bonds is 11. The quantitative estimate of drug-likeness (QED) is 0.325. The van der Waals surface area contributed by atoms with Gasteiger partial charge in [0, 0.05) is 6.92 Å². The van der Waals surface area contributed by atoms with Crippen LogP contribution >= 0.6 is 0 Å². The smallest absolute Gasteiger partial charge is 0.408 e. The maximum Gasteiger partial charge on any atom is 0.408 e. The van der Waals surface area contributed by atoms with Crippen molar-refractivity contribution >= 4 is 12.1 Å². The van der Waals surface area contributed by atoms with Gasteiger partial charge in [-0.3, -0.25) is 4.79 Å². The Morgan fingerprint density at radius 2 is 1.80 bits per heavy atom. The molecule has 0 radical (unpaired) electrons. The third-order valence-electron chi connectivity index (χ3n) is 3.39. The van der Waals surface area contributed by atoms with Gasteiger partial charge in [0.1, 0.15) is 11.7 Å². The van der Waals surface area contributed by atoms with Crippen LogP contribution in [0.25, 0.3) is 0 Å². The van der Waals surface area contributed by atoms with Crippen molar-refractivity contribution in [1.82, 2.24) is 5.32 Å². The van der Waals surface area contributed by atoms with Crippen LogP contribution in [0.3, 0.4) is 0 Å². The highest BCUT2D eigenvalue weighted by Crippen LogP contribution is 2.11. The first-order valence-electron chi connectivity index (χ1n) is 9.15. The van der Waals surface area contributed by atoms with Crippen molar-refractivity contribution in [3.63, 3.8) is 0 Å². The Balaban J connectivity index is 4.74. The summed E-state index contributed by atoms with van der Waals surface area (Å²) in [5.41, 5.74) is -0.595. The Labute approximate surface area is 152 Å². The Kier molecular flexibility index (Phi) is 11.7. The molecule has 0 saturated carbocycles. The van der Waals surface area contributed by atoms with Crippen molar-refractivity contribution in [2.24, 2.45) is 0 Å². The molecule has 0 aliphatic heterocycles. The summed E-state index contributed by atoms with van der Waals surface area (Å²) in [6.07, 6.45) is 11.1. The summed E-state index contributed by atoms with van der Waals surface area (Å²) in [6.45, 7) is 12.6. The molecule has 0 fully saturated rings. The van der Waals surface area contributed by atoms with Gasteiger partial charge >= 0.3 is 12.1 Å². The Morgan fingerprint density at radius 1 is 1.16 bits per heavy atom. The lowest BCUT2D eigenvalue weighted by atomic mass is 10.1. The summed E-state index contributed by atoms with van der Waals surface area (Å²) >= 11 is 0. The molecule has 1 amide bonds. The van der Waals surface area contributed by atoms with E-state index in [2.05, 4.69) is 18.8 Å². The first-order valence-corrected chi connectivity index (χ1v) is 9.15. The summed E-state index contributed by atoms with van der Waals surface area (Å²) < 4.78 is 10.5. The highest BCUT2D eigenvalue weighted by Gasteiger charge is 2.24. The van der Waals surface area contributed by atoms with Crippen molar-refractivity contribution in [3.8, 4) is 0 Å². The van der Waals surface area contributed by atoms with Gasteiger partial charge in [0.15, 0.2) is 0 Å². The molecule has 0 aromatic rings. The molecular weight excluding hydrogens is 318 g/mol. The van der Waals surface area contributed by atoms with Gasteiger partial charge in [-0.05, 0) is 39.7 Å². The number of carbonyl (C=O) groups is 2. The van der Waals surface area contributed by atoms with Crippen LogP contribution in [0.15, 0.2) is 24.8 Å². The van der Waals surface area contributed by atoms with Crippen LogP contribution in [-0.4, -0.2) is 29.8 Å². The second-order valence-corrected chi connectivity index (χ2v) is 7.11. The zero-order valence-electron chi connectivity index (χ0n) is 16.5. The van der Waals surface area contributed by atoms with Crippen LogP contribution in [0.1, 0.15) is 73.1 Å². The van der Waals surface area contributed by atoms with Crippen LogP contribution in [-0.2, 0) is 14.3 Å². The highest BCUT2D eigenvalue weighted by molar-refractivity contribution is 5.69. The maximum atomic E-state index is 12.0. The fourth-order valence-electron chi connectivity index (χ4n) is 2.25. The Bertz CT molecular complexity index is 437. The fourth-order valence-corrected chi connectivity index (χ4v) is 2.25. The molecule has 0 unspecified atom stereocenters. The van der Waals surface area contributed by atoms with E-state index >= 15 is 0 Å². The SMILES string of the molecule is C=C[C@H](OC(C)=O)[C@@H](/C=C/CCCCCCC)NC(=O)OC(C)(C)C. The van der Waals surface area contributed by atoms with E-state index in [1.165, 1.54) is 38.7 Å². The number of amides is 1. The van der Waals surface area contributed by atoms with Gasteiger partial charge in [-0.1, -0.05) is 51.3 Å². The molecule has 0 heterocycles. The van der Waals surface area contributed by atoms with Crippen molar-refractivity contribution in [2.45, 2.75) is 90.9 Å². The zero-order chi connectivity index (χ0) is 19.3. The molecule has 5 heteroatoms.